The molecule has 4 rings (SSSR count). The fourth-order valence-electron chi connectivity index (χ4n) is 5.52. The molecule has 2 aromatic carbocycles. The smallest absolute Gasteiger partial charge is 0.265 e. The van der Waals surface area contributed by atoms with E-state index in [-0.39, 0.29) is 50.7 Å². The lowest BCUT2D eigenvalue weighted by Gasteiger charge is -2.18. The zero-order valence-corrected chi connectivity index (χ0v) is 30.8. The maximum Gasteiger partial charge on any atom is 0.265 e. The summed E-state index contributed by atoms with van der Waals surface area (Å²) in [6.07, 6.45) is 5.21. The van der Waals surface area contributed by atoms with Gasteiger partial charge in [0.1, 0.15) is 28.8 Å². The zero-order valence-electron chi connectivity index (χ0n) is 29.3. The Morgan fingerprint density at radius 2 is 1.78 bits per heavy atom. The van der Waals surface area contributed by atoms with Crippen LogP contribution in [0.1, 0.15) is 46.1 Å². The average molecular weight is 721 g/mol. The molecule has 50 heavy (non-hydrogen) atoms. The lowest BCUT2D eigenvalue weighted by atomic mass is 10.0. The molecule has 0 bridgehead atoms. The Balaban J connectivity index is 1.79. The van der Waals surface area contributed by atoms with Gasteiger partial charge in [0.15, 0.2) is 0 Å². The van der Waals surface area contributed by atoms with Crippen molar-refractivity contribution in [3.8, 4) is 28.7 Å². The number of unbranched alkanes of at least 4 members (excludes halogenated alkanes) is 1. The number of methoxy groups -OCH3 is 2. The lowest BCUT2D eigenvalue weighted by Crippen LogP contribution is -2.25. The number of hydrogen-bond acceptors (Lipinski definition) is 9. The third kappa shape index (κ3) is 9.13. The molecular formula is C37H43Cl2N7O4. The second-order valence-corrected chi connectivity index (χ2v) is 12.7. The standard InChI is InChI=1S/C37H43Cl2N7O4/c1-7-45(8-2)15-10-9-14-41-37-42-21-26-18-28(31-32(38)29(49-5)19-30(50-6)33(31)39)36(48)46(34(26)44-37)22-24-12-11-13-27(17-24)43-35(47)25(20-40)16-23(3)4/h11-13,16-19,21,23H,7-10,14-15,22H2,1-6H3,(H,43,47)(H,41,42,44)/b25-16+. The maximum atomic E-state index is 14.5. The second kappa shape index (κ2) is 17.9. The van der Waals surface area contributed by atoms with E-state index in [1.54, 1.807) is 42.6 Å². The molecule has 0 aliphatic rings. The third-order valence-electron chi connectivity index (χ3n) is 8.14. The van der Waals surface area contributed by atoms with Crippen LogP contribution in [-0.4, -0.2) is 65.7 Å². The number of halogens is 2. The van der Waals surface area contributed by atoms with Crippen molar-refractivity contribution >= 4 is 51.8 Å². The van der Waals surface area contributed by atoms with Crippen LogP contribution in [0.15, 0.2) is 59.0 Å². The van der Waals surface area contributed by atoms with Crippen LogP contribution in [0.2, 0.25) is 10.0 Å². The molecule has 1 amide bonds. The predicted octanol–water partition coefficient (Wildman–Crippen LogP) is 7.41. The van der Waals surface area contributed by atoms with Crippen molar-refractivity contribution < 1.29 is 14.3 Å². The van der Waals surface area contributed by atoms with Gasteiger partial charge in [0.05, 0.1) is 36.4 Å². The van der Waals surface area contributed by atoms with Crippen molar-refractivity contribution in [1.29, 1.82) is 5.26 Å². The van der Waals surface area contributed by atoms with Crippen LogP contribution in [0.4, 0.5) is 11.6 Å². The summed E-state index contributed by atoms with van der Waals surface area (Å²) >= 11 is 13.5. The number of nitrogens with one attached hydrogen (secondary N) is 2. The molecule has 0 saturated carbocycles. The minimum Gasteiger partial charge on any atom is -0.495 e. The first kappa shape index (κ1) is 38.2. The number of nitrogens with zero attached hydrogens (tertiary/aromatic N) is 5. The normalized spacial score (nSPS) is 11.6. The highest BCUT2D eigenvalue weighted by molar-refractivity contribution is 6.41. The van der Waals surface area contributed by atoms with E-state index in [0.29, 0.717) is 34.8 Å². The van der Waals surface area contributed by atoms with Gasteiger partial charge in [-0.25, -0.2) is 4.98 Å². The summed E-state index contributed by atoms with van der Waals surface area (Å²) in [5, 5.41) is 16.5. The maximum absolute atomic E-state index is 14.5. The molecule has 2 N–H and O–H groups in total. The Morgan fingerprint density at radius 3 is 2.40 bits per heavy atom. The van der Waals surface area contributed by atoms with E-state index in [9.17, 15) is 14.9 Å². The third-order valence-corrected chi connectivity index (χ3v) is 8.89. The van der Waals surface area contributed by atoms with Crippen LogP contribution in [0.3, 0.4) is 0 Å². The van der Waals surface area contributed by atoms with Gasteiger partial charge in [-0.1, -0.05) is 69.1 Å². The van der Waals surface area contributed by atoms with Gasteiger partial charge < -0.3 is 25.0 Å². The van der Waals surface area contributed by atoms with Gasteiger partial charge in [-0.15, -0.1) is 0 Å². The molecular weight excluding hydrogens is 677 g/mol. The molecule has 0 aliphatic carbocycles. The molecule has 0 aliphatic heterocycles. The molecule has 0 spiro atoms. The monoisotopic (exact) mass is 719 g/mol. The number of ether oxygens (including phenoxy) is 2. The number of allylic oxidation sites excluding steroid dienone is 1. The number of benzene rings is 2. The Labute approximate surface area is 302 Å². The summed E-state index contributed by atoms with van der Waals surface area (Å²) in [6.45, 7) is 11.9. The molecule has 0 fully saturated rings. The SMILES string of the molecule is CCN(CC)CCCCNc1ncc2cc(-c3c(Cl)c(OC)cc(OC)c3Cl)c(=O)n(Cc3cccc(NC(=O)/C(C#N)=C/C(C)C)c3)c2n1. The molecule has 11 nitrogen and oxygen atoms in total. The molecule has 2 aromatic heterocycles. The Kier molecular flexibility index (Phi) is 13.6. The first-order valence-corrected chi connectivity index (χ1v) is 17.3. The lowest BCUT2D eigenvalue weighted by molar-refractivity contribution is -0.112. The quantitative estimate of drug-likeness (QED) is 0.0690. The minimum atomic E-state index is -0.514. The average Bonchev–Trinajstić information content (AvgIpc) is 3.10. The van der Waals surface area contributed by atoms with Gasteiger partial charge in [0.2, 0.25) is 5.95 Å². The molecule has 2 heterocycles. The first-order valence-electron chi connectivity index (χ1n) is 16.5. The van der Waals surface area contributed by atoms with E-state index >= 15 is 0 Å². The highest BCUT2D eigenvalue weighted by Crippen LogP contribution is 2.45. The number of fused-ring (bicyclic) bond motifs is 1. The topological polar surface area (TPSA) is 134 Å². The van der Waals surface area contributed by atoms with E-state index in [1.165, 1.54) is 18.8 Å². The van der Waals surface area contributed by atoms with E-state index in [1.807, 2.05) is 26.0 Å². The second-order valence-electron chi connectivity index (χ2n) is 12.0. The fourth-order valence-corrected chi connectivity index (χ4v) is 6.22. The summed E-state index contributed by atoms with van der Waals surface area (Å²) in [4.78, 5) is 39.0. The summed E-state index contributed by atoms with van der Waals surface area (Å²) < 4.78 is 12.5. The number of amides is 1. The molecule has 0 atom stereocenters. The Morgan fingerprint density at radius 1 is 1.08 bits per heavy atom. The van der Waals surface area contributed by atoms with Gasteiger partial charge >= 0.3 is 0 Å². The number of aromatic nitrogens is 3. The van der Waals surface area contributed by atoms with Gasteiger partial charge in [-0.05, 0) is 62.2 Å². The van der Waals surface area contributed by atoms with Crippen LogP contribution >= 0.6 is 23.2 Å². The number of hydrogen-bond donors (Lipinski definition) is 2. The van der Waals surface area contributed by atoms with Gasteiger partial charge in [-0.2, -0.15) is 10.2 Å². The predicted molar refractivity (Wildman–Crippen MR) is 201 cm³/mol. The number of anilines is 2. The van der Waals surface area contributed by atoms with Crippen LogP contribution in [0.5, 0.6) is 11.5 Å². The molecule has 4 aromatic rings. The summed E-state index contributed by atoms with van der Waals surface area (Å²) in [7, 11) is 2.93. The Bertz CT molecular complexity index is 1940. The highest BCUT2D eigenvalue weighted by atomic mass is 35.5. The number of nitriles is 1. The summed E-state index contributed by atoms with van der Waals surface area (Å²) in [6, 6.07) is 12.2. The van der Waals surface area contributed by atoms with Gasteiger partial charge in [-0.3, -0.25) is 14.2 Å². The van der Waals surface area contributed by atoms with E-state index in [4.69, 9.17) is 37.7 Å². The molecule has 0 radical (unpaired) electrons. The van der Waals surface area contributed by atoms with E-state index in [0.717, 1.165) is 32.5 Å². The fraction of sp³-hybridized carbons (Fsp3) is 0.378. The van der Waals surface area contributed by atoms with Crippen molar-refractivity contribution in [2.45, 2.75) is 47.1 Å². The van der Waals surface area contributed by atoms with Crippen LogP contribution in [-0.2, 0) is 11.3 Å². The van der Waals surface area contributed by atoms with E-state index in [2.05, 4.69) is 34.4 Å². The number of carbonyl (C=O) groups is 1. The first-order chi connectivity index (χ1) is 24.0. The molecule has 0 saturated heterocycles. The number of rotatable bonds is 16. The molecule has 264 valence electrons. The van der Waals surface area contributed by atoms with Crippen LogP contribution in [0.25, 0.3) is 22.2 Å². The number of carbonyl (C=O) groups excluding carboxylic acids is 1. The molecule has 0 unspecified atom stereocenters. The van der Waals surface area contributed by atoms with Crippen LogP contribution < -0.4 is 25.7 Å². The minimum absolute atomic E-state index is 0.0209. The van der Waals surface area contributed by atoms with Crippen LogP contribution in [0, 0.1) is 17.2 Å². The van der Waals surface area contributed by atoms with Gasteiger partial charge in [0.25, 0.3) is 11.5 Å². The highest BCUT2D eigenvalue weighted by Gasteiger charge is 2.23. The zero-order chi connectivity index (χ0) is 36.4. The summed E-state index contributed by atoms with van der Waals surface area (Å²) in [5.41, 5.74) is 1.61. The van der Waals surface area contributed by atoms with E-state index < -0.39 is 11.5 Å². The summed E-state index contributed by atoms with van der Waals surface area (Å²) in [5.74, 6) is 0.478. The van der Waals surface area contributed by atoms with Crippen molar-refractivity contribution in [1.82, 2.24) is 19.4 Å². The molecule has 13 heteroatoms. The van der Waals surface area contributed by atoms with Crippen molar-refractivity contribution in [2.24, 2.45) is 5.92 Å². The number of pyridine rings is 1. The van der Waals surface area contributed by atoms with Crippen molar-refractivity contribution in [2.75, 3.05) is 51.0 Å². The van der Waals surface area contributed by atoms with Gasteiger partial charge in [0, 0.05) is 35.4 Å². The Hall–Kier alpha value is -4.63. The largest absolute Gasteiger partial charge is 0.495 e. The van der Waals surface area contributed by atoms with Crippen molar-refractivity contribution in [3.05, 3.63) is 80.2 Å². The van der Waals surface area contributed by atoms with Crippen molar-refractivity contribution in [3.63, 3.8) is 0 Å².